The van der Waals surface area contributed by atoms with Crippen molar-refractivity contribution in [3.05, 3.63) is 53.6 Å². The zero-order valence-corrected chi connectivity index (χ0v) is 13.9. The molecular formula is C15H14ClN3O4S. The summed E-state index contributed by atoms with van der Waals surface area (Å²) in [6.07, 6.45) is -0.896. The van der Waals surface area contributed by atoms with Gasteiger partial charge in [0.25, 0.3) is 10.0 Å². The first-order chi connectivity index (χ1) is 11.4. The fourth-order valence-corrected chi connectivity index (χ4v) is 3.98. The number of nitrogens with zero attached hydrogens (tertiary/aromatic N) is 2. The van der Waals surface area contributed by atoms with Crippen molar-refractivity contribution in [3.63, 3.8) is 0 Å². The van der Waals surface area contributed by atoms with Gasteiger partial charge in [-0.15, -0.1) is 0 Å². The van der Waals surface area contributed by atoms with Gasteiger partial charge in [-0.3, -0.25) is 4.31 Å². The van der Waals surface area contributed by atoms with E-state index in [4.69, 9.17) is 27.3 Å². The minimum absolute atomic E-state index is 0.0851. The summed E-state index contributed by atoms with van der Waals surface area (Å²) in [6, 6.07) is 12.5. The molecule has 3 N–H and O–H groups in total. The van der Waals surface area contributed by atoms with Crippen LogP contribution in [0.3, 0.4) is 0 Å². The number of nitrogens with two attached hydrogens (primary N) is 1. The van der Waals surface area contributed by atoms with Crippen LogP contribution in [-0.4, -0.2) is 32.1 Å². The van der Waals surface area contributed by atoms with E-state index >= 15 is 0 Å². The van der Waals surface area contributed by atoms with E-state index in [2.05, 4.69) is 5.16 Å². The molecule has 1 heterocycles. The molecule has 0 amide bonds. The summed E-state index contributed by atoms with van der Waals surface area (Å²) in [5.41, 5.74) is 5.99. The Bertz CT molecular complexity index is 884. The molecule has 1 unspecified atom stereocenters. The first-order valence-electron chi connectivity index (χ1n) is 6.95. The minimum Gasteiger partial charge on any atom is -0.478 e. The first-order valence-corrected chi connectivity index (χ1v) is 8.76. The molecule has 7 nitrogen and oxygen atoms in total. The number of rotatable bonds is 3. The average molecular weight is 368 g/mol. The van der Waals surface area contributed by atoms with Gasteiger partial charge in [-0.05, 0) is 36.4 Å². The van der Waals surface area contributed by atoms with Gasteiger partial charge in [-0.2, -0.15) is 0 Å². The van der Waals surface area contributed by atoms with Crippen molar-refractivity contribution in [1.82, 2.24) is 0 Å². The standard InChI is InChI=1S/C15H14ClN3O4S/c16-10-5-7-11(8-6-10)24(21,22)19-9-14(15(17)18-20)23-13-4-2-1-3-12(13)19/h1-8,14,20H,9H2,(H2,17,18). The topological polar surface area (TPSA) is 105 Å². The minimum atomic E-state index is -3.86. The van der Waals surface area contributed by atoms with E-state index in [9.17, 15) is 8.42 Å². The Morgan fingerprint density at radius 1 is 1.25 bits per heavy atom. The molecule has 24 heavy (non-hydrogen) atoms. The van der Waals surface area contributed by atoms with Crippen molar-refractivity contribution < 1.29 is 18.4 Å². The van der Waals surface area contributed by atoms with E-state index in [0.717, 1.165) is 0 Å². The van der Waals surface area contributed by atoms with E-state index in [0.29, 0.717) is 16.5 Å². The average Bonchev–Trinajstić information content (AvgIpc) is 2.60. The van der Waals surface area contributed by atoms with Crippen molar-refractivity contribution in [1.29, 1.82) is 0 Å². The quantitative estimate of drug-likeness (QED) is 0.374. The number of oxime groups is 1. The Balaban J connectivity index is 2.09. The molecule has 0 bridgehead atoms. The molecule has 126 valence electrons. The summed E-state index contributed by atoms with van der Waals surface area (Å²) >= 11 is 5.82. The highest BCUT2D eigenvalue weighted by molar-refractivity contribution is 7.92. The predicted octanol–water partition coefficient (Wildman–Crippen LogP) is 2.04. The van der Waals surface area contributed by atoms with Crippen molar-refractivity contribution in [2.24, 2.45) is 10.9 Å². The second-order valence-corrected chi connectivity index (χ2v) is 7.39. The van der Waals surface area contributed by atoms with Crippen LogP contribution in [0.25, 0.3) is 0 Å². The lowest BCUT2D eigenvalue weighted by molar-refractivity contribution is 0.247. The Kier molecular flexibility index (Phi) is 4.25. The van der Waals surface area contributed by atoms with Crippen LogP contribution in [-0.2, 0) is 10.0 Å². The molecule has 2 aromatic rings. The van der Waals surface area contributed by atoms with Crippen LogP contribution in [0.2, 0.25) is 5.02 Å². The normalized spacial score (nSPS) is 18.0. The molecule has 0 radical (unpaired) electrons. The van der Waals surface area contributed by atoms with E-state index < -0.39 is 16.1 Å². The lowest BCUT2D eigenvalue weighted by Gasteiger charge is -2.34. The molecule has 1 aliphatic heterocycles. The third-order valence-corrected chi connectivity index (χ3v) is 5.63. The summed E-state index contributed by atoms with van der Waals surface area (Å²) in [5.74, 6) is 0.124. The Morgan fingerprint density at radius 3 is 2.58 bits per heavy atom. The van der Waals surface area contributed by atoms with Crippen LogP contribution in [0, 0.1) is 0 Å². The number of hydrogen-bond donors (Lipinski definition) is 2. The van der Waals surface area contributed by atoms with Crippen LogP contribution < -0.4 is 14.8 Å². The second kappa shape index (κ2) is 6.21. The summed E-state index contributed by atoms with van der Waals surface area (Å²) in [7, 11) is -3.86. The van der Waals surface area contributed by atoms with Gasteiger partial charge in [-0.25, -0.2) is 8.42 Å². The predicted molar refractivity (Wildman–Crippen MR) is 90.3 cm³/mol. The van der Waals surface area contributed by atoms with E-state index in [1.807, 2.05) is 0 Å². The van der Waals surface area contributed by atoms with Crippen LogP contribution in [0.4, 0.5) is 5.69 Å². The smallest absolute Gasteiger partial charge is 0.264 e. The van der Waals surface area contributed by atoms with Gasteiger partial charge in [0.2, 0.25) is 0 Å². The molecule has 0 spiro atoms. The number of ether oxygens (including phenoxy) is 1. The number of halogens is 1. The number of hydrogen-bond acceptors (Lipinski definition) is 5. The summed E-state index contributed by atoms with van der Waals surface area (Å²) in [5, 5.41) is 12.2. The van der Waals surface area contributed by atoms with Gasteiger partial charge in [0, 0.05) is 5.02 Å². The van der Waals surface area contributed by atoms with Crippen molar-refractivity contribution >= 4 is 33.1 Å². The Hall–Kier alpha value is -2.45. The highest BCUT2D eigenvalue weighted by Gasteiger charge is 2.36. The molecule has 3 rings (SSSR count). The monoisotopic (exact) mass is 367 g/mol. The SMILES string of the molecule is N/C(=N\O)C1CN(S(=O)(=O)c2ccc(Cl)cc2)c2ccccc2O1. The number of amidine groups is 1. The van der Waals surface area contributed by atoms with Crippen LogP contribution >= 0.6 is 11.6 Å². The van der Waals surface area contributed by atoms with Gasteiger partial charge >= 0.3 is 0 Å². The molecule has 0 aromatic heterocycles. The second-order valence-electron chi connectivity index (χ2n) is 5.09. The fourth-order valence-electron chi connectivity index (χ4n) is 2.38. The Morgan fingerprint density at radius 2 is 1.92 bits per heavy atom. The van der Waals surface area contributed by atoms with Crippen molar-refractivity contribution in [2.45, 2.75) is 11.0 Å². The lowest BCUT2D eigenvalue weighted by atomic mass is 10.2. The number of fused-ring (bicyclic) bond motifs is 1. The number of sulfonamides is 1. The van der Waals surface area contributed by atoms with E-state index in [-0.39, 0.29) is 17.3 Å². The molecule has 2 aromatic carbocycles. The molecule has 0 fully saturated rings. The lowest BCUT2D eigenvalue weighted by Crippen LogP contribution is -2.49. The van der Waals surface area contributed by atoms with E-state index in [1.165, 1.54) is 28.6 Å². The van der Waals surface area contributed by atoms with Crippen LogP contribution in [0.15, 0.2) is 58.6 Å². The van der Waals surface area contributed by atoms with Gasteiger partial charge in [0.1, 0.15) is 5.75 Å². The first kappa shape index (κ1) is 16.4. The number of benzene rings is 2. The molecule has 0 saturated heterocycles. The largest absolute Gasteiger partial charge is 0.478 e. The maximum absolute atomic E-state index is 13.0. The summed E-state index contributed by atoms with van der Waals surface area (Å²) in [4.78, 5) is 0.0851. The highest BCUT2D eigenvalue weighted by atomic mass is 35.5. The highest BCUT2D eigenvalue weighted by Crippen LogP contribution is 2.36. The number of para-hydroxylation sites is 2. The fraction of sp³-hybridized carbons (Fsp3) is 0.133. The summed E-state index contributed by atoms with van der Waals surface area (Å²) in [6.45, 7) is -0.113. The molecule has 0 saturated carbocycles. The zero-order chi connectivity index (χ0) is 17.3. The zero-order valence-electron chi connectivity index (χ0n) is 12.3. The number of anilines is 1. The Labute approximate surface area is 143 Å². The van der Waals surface area contributed by atoms with Gasteiger partial charge in [0.05, 0.1) is 17.1 Å². The third-order valence-electron chi connectivity index (χ3n) is 3.58. The molecule has 0 aliphatic carbocycles. The maximum atomic E-state index is 13.0. The van der Waals surface area contributed by atoms with E-state index in [1.54, 1.807) is 24.3 Å². The van der Waals surface area contributed by atoms with Crippen LogP contribution in [0.5, 0.6) is 5.75 Å². The molecule has 1 atom stereocenters. The molecule has 1 aliphatic rings. The summed E-state index contributed by atoms with van der Waals surface area (Å²) < 4.78 is 32.8. The molecular weight excluding hydrogens is 354 g/mol. The van der Waals surface area contributed by atoms with Gasteiger partial charge in [0.15, 0.2) is 11.9 Å². The molecule has 9 heteroatoms. The maximum Gasteiger partial charge on any atom is 0.264 e. The van der Waals surface area contributed by atoms with Gasteiger partial charge in [-0.1, -0.05) is 28.9 Å². The van der Waals surface area contributed by atoms with Crippen LogP contribution in [0.1, 0.15) is 0 Å². The third kappa shape index (κ3) is 2.85. The van der Waals surface area contributed by atoms with Crippen molar-refractivity contribution in [3.8, 4) is 5.75 Å². The van der Waals surface area contributed by atoms with Gasteiger partial charge < -0.3 is 15.7 Å². The van der Waals surface area contributed by atoms with Crippen molar-refractivity contribution in [2.75, 3.05) is 10.8 Å².